The van der Waals surface area contributed by atoms with Gasteiger partial charge in [-0.25, -0.2) is 0 Å². The lowest BCUT2D eigenvalue weighted by Gasteiger charge is -2.25. The van der Waals surface area contributed by atoms with Crippen molar-refractivity contribution in [2.24, 2.45) is 11.3 Å². The highest BCUT2D eigenvalue weighted by Crippen LogP contribution is 2.25. The summed E-state index contributed by atoms with van der Waals surface area (Å²) >= 11 is 0. The zero-order chi connectivity index (χ0) is 41.2. The average molecular weight is 794 g/mol. The summed E-state index contributed by atoms with van der Waals surface area (Å²) in [5.41, 5.74) is 0.0161. The van der Waals surface area contributed by atoms with Crippen molar-refractivity contribution < 1.29 is 24.2 Å². The van der Waals surface area contributed by atoms with Crippen LogP contribution in [0.2, 0.25) is 0 Å². The minimum atomic E-state index is -0.0307. The summed E-state index contributed by atoms with van der Waals surface area (Å²) in [6.07, 6.45) is 42.1. The van der Waals surface area contributed by atoms with Crippen LogP contribution in [0.1, 0.15) is 259 Å². The molecule has 1 N–H and O–H groups in total. The fourth-order valence-electron chi connectivity index (χ4n) is 7.93. The topological polar surface area (TPSA) is 76.1 Å². The lowest BCUT2D eigenvalue weighted by molar-refractivity contribution is -0.147. The summed E-state index contributed by atoms with van der Waals surface area (Å²) in [5.74, 6) is 0.514. The monoisotopic (exact) mass is 794 g/mol. The Kier molecular flexibility index (Phi) is 41.1. The Labute approximate surface area is 350 Å². The third-order valence-corrected chi connectivity index (χ3v) is 11.9. The minimum absolute atomic E-state index is 0.00659. The smallest absolute Gasteiger partial charge is 0.305 e. The number of esters is 2. The van der Waals surface area contributed by atoms with Crippen LogP contribution >= 0.6 is 0 Å². The van der Waals surface area contributed by atoms with E-state index >= 15 is 0 Å². The van der Waals surface area contributed by atoms with Crippen molar-refractivity contribution in [1.29, 1.82) is 0 Å². The van der Waals surface area contributed by atoms with E-state index in [-0.39, 0.29) is 24.0 Å². The van der Waals surface area contributed by atoms with Crippen molar-refractivity contribution >= 4 is 11.9 Å². The lowest BCUT2D eigenvalue weighted by Crippen LogP contribution is -2.29. The second-order valence-corrected chi connectivity index (χ2v) is 18.3. The van der Waals surface area contributed by atoms with Crippen LogP contribution in [0.25, 0.3) is 0 Å². The molecule has 0 spiro atoms. The molecule has 0 amide bonds. The number of aliphatic hydroxyl groups is 1. The van der Waals surface area contributed by atoms with Crippen LogP contribution < -0.4 is 0 Å². The molecule has 0 atom stereocenters. The fourth-order valence-corrected chi connectivity index (χ4v) is 7.93. The maximum Gasteiger partial charge on any atom is 0.305 e. The summed E-state index contributed by atoms with van der Waals surface area (Å²) in [5, 5.41) is 9.62. The SMILES string of the molecule is CCCCCCCCCCCC(=O)OCC(C)(C)CCCCCN(CCO)CCCCCCCCC(=O)OCC(CCCCCCCC)CCCCCCCC. The van der Waals surface area contributed by atoms with Gasteiger partial charge in [-0.2, -0.15) is 0 Å². The molecule has 334 valence electrons. The largest absolute Gasteiger partial charge is 0.465 e. The van der Waals surface area contributed by atoms with Crippen molar-refractivity contribution in [3.8, 4) is 0 Å². The van der Waals surface area contributed by atoms with Gasteiger partial charge in [0.1, 0.15) is 0 Å². The van der Waals surface area contributed by atoms with Gasteiger partial charge in [-0.15, -0.1) is 0 Å². The van der Waals surface area contributed by atoms with Gasteiger partial charge in [0.15, 0.2) is 0 Å². The highest BCUT2D eigenvalue weighted by molar-refractivity contribution is 5.69. The quantitative estimate of drug-likeness (QED) is 0.0489. The number of nitrogens with zero attached hydrogens (tertiary/aromatic N) is 1. The van der Waals surface area contributed by atoms with Crippen LogP contribution in [0.4, 0.5) is 0 Å². The first-order chi connectivity index (χ1) is 27.3. The number of unbranched alkanes of at least 4 members (excludes halogenated alkanes) is 25. The highest BCUT2D eigenvalue weighted by atomic mass is 16.5. The highest BCUT2D eigenvalue weighted by Gasteiger charge is 2.20. The molecule has 0 aromatic heterocycles. The van der Waals surface area contributed by atoms with Gasteiger partial charge >= 0.3 is 11.9 Å². The second-order valence-electron chi connectivity index (χ2n) is 18.3. The number of aliphatic hydroxyl groups excluding tert-OH is 1. The zero-order valence-corrected chi connectivity index (χ0v) is 38.6. The van der Waals surface area contributed by atoms with E-state index in [9.17, 15) is 14.7 Å². The van der Waals surface area contributed by atoms with Crippen molar-refractivity contribution in [3.63, 3.8) is 0 Å². The lowest BCUT2D eigenvalue weighted by atomic mass is 9.88. The molecule has 0 fully saturated rings. The first-order valence-corrected chi connectivity index (χ1v) is 24.9. The number of carbonyl (C=O) groups excluding carboxylic acids is 2. The summed E-state index contributed by atoms with van der Waals surface area (Å²) < 4.78 is 11.5. The Morgan fingerprint density at radius 2 is 0.857 bits per heavy atom. The van der Waals surface area contributed by atoms with E-state index in [4.69, 9.17) is 9.47 Å². The molecule has 0 unspecified atom stereocenters. The molecule has 0 aliphatic rings. The standard InChI is InChI=1S/C50H99NO5/c1-6-9-12-15-18-19-20-25-32-39-49(54)56-46-50(4,5)40-33-28-35-42-51(43-44-52)41-34-27-22-21-26-31-38-48(53)55-45-47(36-29-23-16-13-10-7-2)37-30-24-17-14-11-8-3/h47,52H,6-46H2,1-5H3. The molecule has 0 saturated heterocycles. The van der Waals surface area contributed by atoms with E-state index in [0.29, 0.717) is 32.0 Å². The third-order valence-electron chi connectivity index (χ3n) is 11.9. The Morgan fingerprint density at radius 1 is 0.482 bits per heavy atom. The summed E-state index contributed by atoms with van der Waals surface area (Å²) in [7, 11) is 0. The van der Waals surface area contributed by atoms with Gasteiger partial charge in [0.25, 0.3) is 0 Å². The molecular formula is C50H99NO5. The van der Waals surface area contributed by atoms with Crippen LogP contribution in [-0.4, -0.2) is 61.4 Å². The van der Waals surface area contributed by atoms with Gasteiger partial charge in [-0.1, -0.05) is 202 Å². The number of hydrogen-bond donors (Lipinski definition) is 1. The maximum atomic E-state index is 12.6. The van der Waals surface area contributed by atoms with Gasteiger partial charge in [0.2, 0.25) is 0 Å². The van der Waals surface area contributed by atoms with Crippen LogP contribution in [0, 0.1) is 11.3 Å². The minimum Gasteiger partial charge on any atom is -0.465 e. The molecule has 0 aliphatic carbocycles. The Morgan fingerprint density at radius 3 is 1.30 bits per heavy atom. The van der Waals surface area contributed by atoms with E-state index in [2.05, 4.69) is 39.5 Å². The van der Waals surface area contributed by atoms with Crippen LogP contribution in [0.3, 0.4) is 0 Å². The molecule has 0 heterocycles. The first kappa shape index (κ1) is 54.9. The van der Waals surface area contributed by atoms with E-state index in [1.807, 2.05) is 0 Å². The van der Waals surface area contributed by atoms with Crippen molar-refractivity contribution in [3.05, 3.63) is 0 Å². The molecule has 0 saturated carbocycles. The van der Waals surface area contributed by atoms with Crippen LogP contribution in [0.5, 0.6) is 0 Å². The summed E-state index contributed by atoms with van der Waals surface area (Å²) in [6, 6.07) is 0. The Balaban J connectivity index is 4.01. The van der Waals surface area contributed by atoms with E-state index in [0.717, 1.165) is 71.0 Å². The van der Waals surface area contributed by atoms with Gasteiger partial charge in [-0.3, -0.25) is 9.59 Å². The summed E-state index contributed by atoms with van der Waals surface area (Å²) in [6.45, 7) is 15.4. The zero-order valence-electron chi connectivity index (χ0n) is 38.6. The fraction of sp³-hybridized carbons (Fsp3) is 0.960. The van der Waals surface area contributed by atoms with Gasteiger partial charge in [0, 0.05) is 19.4 Å². The molecule has 0 radical (unpaired) electrons. The summed E-state index contributed by atoms with van der Waals surface area (Å²) in [4.78, 5) is 27.3. The first-order valence-electron chi connectivity index (χ1n) is 24.9. The van der Waals surface area contributed by atoms with Gasteiger partial charge in [0.05, 0.1) is 19.8 Å². The van der Waals surface area contributed by atoms with E-state index in [1.54, 1.807) is 0 Å². The average Bonchev–Trinajstić information content (AvgIpc) is 3.18. The molecule has 6 nitrogen and oxygen atoms in total. The molecular weight excluding hydrogens is 695 g/mol. The number of carbonyl (C=O) groups is 2. The predicted octanol–water partition coefficient (Wildman–Crippen LogP) is 14.7. The maximum absolute atomic E-state index is 12.6. The van der Waals surface area contributed by atoms with Crippen molar-refractivity contribution in [2.75, 3.05) is 39.5 Å². The normalized spacial score (nSPS) is 11.9. The molecule has 56 heavy (non-hydrogen) atoms. The van der Waals surface area contributed by atoms with E-state index < -0.39 is 0 Å². The van der Waals surface area contributed by atoms with Crippen LogP contribution in [-0.2, 0) is 19.1 Å². The van der Waals surface area contributed by atoms with Gasteiger partial charge in [-0.05, 0) is 69.4 Å². The number of rotatable bonds is 45. The third kappa shape index (κ3) is 39.7. The Bertz CT molecular complexity index is 816. The molecule has 0 bridgehead atoms. The molecule has 0 aromatic rings. The molecule has 0 rings (SSSR count). The Hall–Kier alpha value is -1.14. The van der Waals surface area contributed by atoms with Crippen LogP contribution in [0.15, 0.2) is 0 Å². The van der Waals surface area contributed by atoms with Gasteiger partial charge < -0.3 is 19.5 Å². The predicted molar refractivity (Wildman–Crippen MR) is 241 cm³/mol. The van der Waals surface area contributed by atoms with E-state index in [1.165, 1.54) is 161 Å². The molecule has 6 heteroatoms. The second kappa shape index (κ2) is 42.0. The van der Waals surface area contributed by atoms with Crippen molar-refractivity contribution in [2.45, 2.75) is 259 Å². The number of ether oxygens (including phenoxy) is 2. The number of hydrogen-bond acceptors (Lipinski definition) is 6. The van der Waals surface area contributed by atoms with Crippen molar-refractivity contribution in [1.82, 2.24) is 4.90 Å². The molecule has 0 aromatic carbocycles. The molecule has 0 aliphatic heterocycles.